The van der Waals surface area contributed by atoms with E-state index in [4.69, 9.17) is 0 Å². The highest BCUT2D eigenvalue weighted by atomic mass is 79.9. The molecular weight excluding hydrogens is 310 g/mol. The molecule has 1 aromatic heterocycles. The Hall–Kier alpha value is -1.95. The lowest BCUT2D eigenvalue weighted by atomic mass is 10.1. The highest BCUT2D eigenvalue weighted by Gasteiger charge is 2.35. The molecule has 5 nitrogen and oxygen atoms in total. The lowest BCUT2D eigenvalue weighted by Gasteiger charge is -2.16. The smallest absolute Gasteiger partial charge is 0.299 e. The molecule has 0 N–H and O–H groups in total. The van der Waals surface area contributed by atoms with Crippen molar-refractivity contribution in [1.82, 2.24) is 9.78 Å². The molecule has 96 valence electrons. The molecule has 2 heterocycles. The van der Waals surface area contributed by atoms with Gasteiger partial charge >= 0.3 is 0 Å². The maximum atomic E-state index is 12.0. The second-order valence-corrected chi connectivity index (χ2v) is 5.13. The number of benzene rings is 1. The van der Waals surface area contributed by atoms with Gasteiger partial charge in [0.1, 0.15) is 0 Å². The number of fused-ring (bicyclic) bond motifs is 1. The molecule has 1 amide bonds. The largest absolute Gasteiger partial charge is 0.303 e. The molecule has 1 aliphatic heterocycles. The Morgan fingerprint density at radius 3 is 2.79 bits per heavy atom. The first-order valence-electron chi connectivity index (χ1n) is 5.80. The van der Waals surface area contributed by atoms with Crippen LogP contribution in [0.4, 0.5) is 5.69 Å². The molecule has 0 unspecified atom stereocenters. The van der Waals surface area contributed by atoms with Crippen molar-refractivity contribution in [1.29, 1.82) is 0 Å². The number of rotatable bonds is 3. The first-order valence-corrected chi connectivity index (χ1v) is 6.59. The van der Waals surface area contributed by atoms with E-state index in [-0.39, 0.29) is 0 Å². The van der Waals surface area contributed by atoms with Crippen molar-refractivity contribution in [3.63, 3.8) is 0 Å². The number of ketones is 1. The van der Waals surface area contributed by atoms with Crippen molar-refractivity contribution in [2.24, 2.45) is 0 Å². The minimum Gasteiger partial charge on any atom is -0.303 e. The summed E-state index contributed by atoms with van der Waals surface area (Å²) < 4.78 is 2.52. The summed E-state index contributed by atoms with van der Waals surface area (Å²) in [6.07, 6.45) is 3.51. The van der Waals surface area contributed by atoms with Crippen LogP contribution in [0.25, 0.3) is 0 Å². The van der Waals surface area contributed by atoms with E-state index in [1.807, 2.05) is 18.3 Å². The van der Waals surface area contributed by atoms with Crippen LogP contribution in [-0.4, -0.2) is 28.0 Å². The molecule has 0 saturated carbocycles. The molecule has 0 bridgehead atoms. The van der Waals surface area contributed by atoms with E-state index in [0.29, 0.717) is 24.3 Å². The number of halogens is 1. The van der Waals surface area contributed by atoms with E-state index in [1.165, 1.54) is 4.90 Å². The summed E-state index contributed by atoms with van der Waals surface area (Å²) in [6.45, 7) is 0.989. The molecule has 0 spiro atoms. The Labute approximate surface area is 118 Å². The van der Waals surface area contributed by atoms with Gasteiger partial charge in [-0.25, -0.2) is 0 Å². The van der Waals surface area contributed by atoms with Gasteiger partial charge in [-0.3, -0.25) is 14.3 Å². The number of carbonyl (C=O) groups excluding carboxylic acids is 2. The summed E-state index contributed by atoms with van der Waals surface area (Å²) in [7, 11) is 0. The van der Waals surface area contributed by atoms with Crippen molar-refractivity contribution >= 4 is 33.3 Å². The van der Waals surface area contributed by atoms with Crippen molar-refractivity contribution in [2.45, 2.75) is 6.54 Å². The lowest BCUT2D eigenvalue weighted by Crippen LogP contribution is -2.32. The predicted molar refractivity (Wildman–Crippen MR) is 73.1 cm³/mol. The molecule has 3 rings (SSSR count). The Bertz CT molecular complexity index is 652. The second kappa shape index (κ2) is 4.62. The first-order chi connectivity index (χ1) is 9.16. The summed E-state index contributed by atoms with van der Waals surface area (Å²) in [5.74, 6) is -0.919. The van der Waals surface area contributed by atoms with E-state index in [9.17, 15) is 9.59 Å². The highest BCUT2D eigenvalue weighted by Crippen LogP contribution is 2.31. The molecule has 1 aliphatic rings. The standard InChI is InChI=1S/C13H10BrN3O2/c14-9-2-3-11-10(8-9)12(18)13(19)17(11)7-6-16-5-1-4-15-16/h1-5,8H,6-7H2. The summed E-state index contributed by atoms with van der Waals surface area (Å²) >= 11 is 3.31. The molecule has 0 saturated heterocycles. The van der Waals surface area contributed by atoms with Gasteiger partial charge in [0.15, 0.2) is 0 Å². The van der Waals surface area contributed by atoms with Crippen molar-refractivity contribution in [3.05, 3.63) is 46.7 Å². The summed E-state index contributed by atoms with van der Waals surface area (Å²) in [5.41, 5.74) is 1.13. The van der Waals surface area contributed by atoms with Crippen LogP contribution in [0.3, 0.4) is 0 Å². The van der Waals surface area contributed by atoms with Gasteiger partial charge in [-0.05, 0) is 24.3 Å². The van der Waals surface area contributed by atoms with Crippen LogP contribution >= 0.6 is 15.9 Å². The van der Waals surface area contributed by atoms with Gasteiger partial charge in [0.05, 0.1) is 17.8 Å². The molecular formula is C13H10BrN3O2. The maximum absolute atomic E-state index is 12.0. The van der Waals surface area contributed by atoms with Crippen LogP contribution < -0.4 is 4.90 Å². The topological polar surface area (TPSA) is 55.2 Å². The van der Waals surface area contributed by atoms with Crippen LogP contribution in [0.1, 0.15) is 10.4 Å². The van der Waals surface area contributed by atoms with Crippen LogP contribution in [0, 0.1) is 0 Å². The summed E-state index contributed by atoms with van der Waals surface area (Å²) in [6, 6.07) is 7.11. The molecule has 0 fully saturated rings. The fourth-order valence-corrected chi connectivity index (χ4v) is 2.49. The summed E-state index contributed by atoms with van der Waals surface area (Å²) in [5, 5.41) is 4.08. The van der Waals surface area contributed by atoms with Gasteiger partial charge in [-0.1, -0.05) is 15.9 Å². The predicted octanol–water partition coefficient (Wildman–Crippen LogP) is 1.88. The quantitative estimate of drug-likeness (QED) is 0.812. The van der Waals surface area contributed by atoms with Gasteiger partial charge in [0.2, 0.25) is 0 Å². The van der Waals surface area contributed by atoms with E-state index >= 15 is 0 Å². The number of hydrogen-bond donors (Lipinski definition) is 0. The SMILES string of the molecule is O=C1C(=O)N(CCn2cccn2)c2ccc(Br)cc21. The van der Waals surface area contributed by atoms with Crippen molar-refractivity contribution < 1.29 is 9.59 Å². The van der Waals surface area contributed by atoms with Gasteiger partial charge in [-0.15, -0.1) is 0 Å². The minimum atomic E-state index is -0.472. The van der Waals surface area contributed by atoms with E-state index in [0.717, 1.165) is 4.47 Å². The Morgan fingerprint density at radius 1 is 1.21 bits per heavy atom. The molecule has 0 radical (unpaired) electrons. The Kier molecular flexibility index (Phi) is 2.94. The highest BCUT2D eigenvalue weighted by molar-refractivity contribution is 9.10. The number of hydrogen-bond acceptors (Lipinski definition) is 3. The number of nitrogens with zero attached hydrogens (tertiary/aromatic N) is 3. The molecule has 0 atom stereocenters. The van der Waals surface area contributed by atoms with E-state index < -0.39 is 11.7 Å². The number of amides is 1. The average molecular weight is 320 g/mol. The van der Waals surface area contributed by atoms with E-state index in [2.05, 4.69) is 21.0 Å². The molecule has 0 aliphatic carbocycles. The van der Waals surface area contributed by atoms with Gasteiger partial charge in [0, 0.05) is 23.4 Å². The Morgan fingerprint density at radius 2 is 2.05 bits per heavy atom. The van der Waals surface area contributed by atoms with Gasteiger partial charge in [0.25, 0.3) is 11.7 Å². The zero-order chi connectivity index (χ0) is 13.4. The van der Waals surface area contributed by atoms with Gasteiger partial charge in [-0.2, -0.15) is 5.10 Å². The number of aromatic nitrogens is 2. The number of carbonyl (C=O) groups is 2. The maximum Gasteiger partial charge on any atom is 0.299 e. The second-order valence-electron chi connectivity index (χ2n) is 4.22. The van der Waals surface area contributed by atoms with Crippen molar-refractivity contribution in [3.8, 4) is 0 Å². The molecule has 6 heteroatoms. The van der Waals surface area contributed by atoms with Crippen LogP contribution in [0.5, 0.6) is 0 Å². The minimum absolute atomic E-state index is 0.431. The zero-order valence-corrected chi connectivity index (χ0v) is 11.5. The Balaban J connectivity index is 1.87. The van der Waals surface area contributed by atoms with Crippen molar-refractivity contribution in [2.75, 3.05) is 11.4 Å². The van der Waals surface area contributed by atoms with E-state index in [1.54, 1.807) is 23.0 Å². The lowest BCUT2D eigenvalue weighted by molar-refractivity contribution is -0.114. The average Bonchev–Trinajstić information content (AvgIpc) is 2.98. The van der Waals surface area contributed by atoms with Crippen LogP contribution in [-0.2, 0) is 11.3 Å². The zero-order valence-electron chi connectivity index (χ0n) is 9.91. The molecule has 2 aromatic rings. The first kappa shape index (κ1) is 12.1. The molecule has 1 aromatic carbocycles. The fourth-order valence-electron chi connectivity index (χ4n) is 2.13. The third kappa shape index (κ3) is 2.08. The van der Waals surface area contributed by atoms with Gasteiger partial charge < -0.3 is 4.90 Å². The van der Waals surface area contributed by atoms with Crippen LogP contribution in [0.2, 0.25) is 0 Å². The normalized spacial score (nSPS) is 14.1. The third-order valence-electron chi connectivity index (χ3n) is 3.05. The molecule has 19 heavy (non-hydrogen) atoms. The monoisotopic (exact) mass is 319 g/mol. The third-order valence-corrected chi connectivity index (χ3v) is 3.54. The fraction of sp³-hybridized carbons (Fsp3) is 0.154. The number of anilines is 1. The number of Topliss-reactive ketones (excluding diaryl/α,β-unsaturated/α-hetero) is 1. The van der Waals surface area contributed by atoms with Crippen LogP contribution in [0.15, 0.2) is 41.1 Å². The summed E-state index contributed by atoms with van der Waals surface area (Å²) in [4.78, 5) is 25.4.